The van der Waals surface area contributed by atoms with Crippen LogP contribution in [0, 0.1) is 0 Å². The molecule has 2 aromatic carbocycles. The highest BCUT2D eigenvalue weighted by atomic mass is 16.2. The smallest absolute Gasteiger partial charge is 0.253 e. The third-order valence-corrected chi connectivity index (χ3v) is 4.58. The number of carbonyl (C=O) groups is 3. The summed E-state index contributed by atoms with van der Waals surface area (Å²) in [5.74, 6) is -0.398. The monoisotopic (exact) mass is 410 g/mol. The Labute approximate surface area is 177 Å². The molecule has 7 heteroatoms. The van der Waals surface area contributed by atoms with Crippen molar-refractivity contribution in [2.45, 2.75) is 27.2 Å². The number of amides is 3. The molecule has 0 radical (unpaired) electrons. The molecule has 2 aromatic rings. The average molecular weight is 411 g/mol. The molecule has 0 heterocycles. The maximum atomic E-state index is 12.5. The fourth-order valence-electron chi connectivity index (χ4n) is 2.89. The third kappa shape index (κ3) is 6.62. The van der Waals surface area contributed by atoms with Gasteiger partial charge in [0.25, 0.3) is 11.8 Å². The van der Waals surface area contributed by atoms with Crippen molar-refractivity contribution in [1.82, 2.24) is 10.2 Å². The van der Waals surface area contributed by atoms with Crippen molar-refractivity contribution in [3.63, 3.8) is 0 Å². The van der Waals surface area contributed by atoms with E-state index in [-0.39, 0.29) is 24.3 Å². The van der Waals surface area contributed by atoms with Gasteiger partial charge in [0, 0.05) is 42.1 Å². The predicted octanol–water partition coefficient (Wildman–Crippen LogP) is 3.36. The lowest BCUT2D eigenvalue weighted by Crippen LogP contribution is -2.30. The Morgan fingerprint density at radius 2 is 1.57 bits per heavy atom. The topological polar surface area (TPSA) is 90.5 Å². The minimum atomic E-state index is -0.229. The van der Waals surface area contributed by atoms with Crippen LogP contribution >= 0.6 is 0 Å². The van der Waals surface area contributed by atoms with E-state index >= 15 is 0 Å². The normalized spacial score (nSPS) is 10.2. The summed E-state index contributed by atoms with van der Waals surface area (Å²) in [5, 5.41) is 8.65. The molecule has 2 rings (SSSR count). The van der Waals surface area contributed by atoms with Gasteiger partial charge < -0.3 is 20.9 Å². The van der Waals surface area contributed by atoms with Crippen LogP contribution in [0.5, 0.6) is 0 Å². The highest BCUT2D eigenvalue weighted by molar-refractivity contribution is 5.98. The van der Waals surface area contributed by atoms with Gasteiger partial charge in [0.05, 0.1) is 6.54 Å². The van der Waals surface area contributed by atoms with E-state index in [0.29, 0.717) is 36.4 Å². The Balaban J connectivity index is 1.90. The molecule has 0 aliphatic carbocycles. The maximum Gasteiger partial charge on any atom is 0.253 e. The molecule has 0 saturated heterocycles. The molecule has 0 aliphatic rings. The van der Waals surface area contributed by atoms with Crippen LogP contribution in [-0.4, -0.2) is 48.8 Å². The number of nitrogens with one attached hydrogen (secondary N) is 3. The molecule has 3 N–H and O–H groups in total. The van der Waals surface area contributed by atoms with Crippen LogP contribution in [0.25, 0.3) is 0 Å². The molecule has 7 nitrogen and oxygen atoms in total. The van der Waals surface area contributed by atoms with Crippen LogP contribution in [0.4, 0.5) is 11.4 Å². The van der Waals surface area contributed by atoms with Crippen molar-refractivity contribution in [1.29, 1.82) is 0 Å². The van der Waals surface area contributed by atoms with E-state index in [4.69, 9.17) is 0 Å². The molecule has 0 spiro atoms. The Morgan fingerprint density at radius 1 is 0.867 bits per heavy atom. The summed E-state index contributed by atoms with van der Waals surface area (Å²) in [6.45, 7) is 7.84. The Bertz CT molecular complexity index is 861. The first kappa shape index (κ1) is 22.9. The Hall–Kier alpha value is -3.35. The van der Waals surface area contributed by atoms with Gasteiger partial charge in [0.15, 0.2) is 0 Å². The highest BCUT2D eigenvalue weighted by Gasteiger charge is 2.13. The molecular formula is C23H30N4O3. The molecule has 0 bridgehead atoms. The van der Waals surface area contributed by atoms with Gasteiger partial charge in [-0.2, -0.15) is 0 Å². The largest absolute Gasteiger partial charge is 0.376 e. The summed E-state index contributed by atoms with van der Waals surface area (Å²) in [6, 6.07) is 13.9. The van der Waals surface area contributed by atoms with Crippen LogP contribution in [0.1, 0.15) is 47.9 Å². The van der Waals surface area contributed by atoms with Crippen molar-refractivity contribution in [3.8, 4) is 0 Å². The first-order valence-corrected chi connectivity index (χ1v) is 10.3. The van der Waals surface area contributed by atoms with Crippen molar-refractivity contribution < 1.29 is 14.4 Å². The fraction of sp³-hybridized carbons (Fsp3) is 0.348. The van der Waals surface area contributed by atoms with Gasteiger partial charge in [-0.3, -0.25) is 14.4 Å². The highest BCUT2D eigenvalue weighted by Crippen LogP contribution is 2.14. The quantitative estimate of drug-likeness (QED) is 0.560. The van der Waals surface area contributed by atoms with Crippen molar-refractivity contribution in [3.05, 3.63) is 59.7 Å². The van der Waals surface area contributed by atoms with Gasteiger partial charge in [0.2, 0.25) is 5.91 Å². The number of nitrogens with zero attached hydrogens (tertiary/aromatic N) is 1. The zero-order chi connectivity index (χ0) is 21.9. The van der Waals surface area contributed by atoms with Crippen molar-refractivity contribution in [2.24, 2.45) is 0 Å². The standard InChI is InChI=1S/C23H30N4O3/c1-4-14-24-22(29)17-10-12-19(13-11-17)25-16-21(28)26-20-9-7-8-18(15-20)23(30)27(5-2)6-3/h7-13,15,25H,4-6,14,16H2,1-3H3,(H,24,29)(H,26,28). The van der Waals surface area contributed by atoms with Crippen LogP contribution in [0.2, 0.25) is 0 Å². The van der Waals surface area contributed by atoms with Crippen LogP contribution in [0.3, 0.4) is 0 Å². The molecule has 0 unspecified atom stereocenters. The lowest BCUT2D eigenvalue weighted by molar-refractivity contribution is -0.114. The summed E-state index contributed by atoms with van der Waals surface area (Å²) >= 11 is 0. The fourth-order valence-corrected chi connectivity index (χ4v) is 2.89. The average Bonchev–Trinajstić information content (AvgIpc) is 2.77. The lowest BCUT2D eigenvalue weighted by atomic mass is 10.1. The zero-order valence-corrected chi connectivity index (χ0v) is 17.8. The van der Waals surface area contributed by atoms with Crippen LogP contribution in [0.15, 0.2) is 48.5 Å². The Kier molecular flexibility index (Phi) is 8.87. The Morgan fingerprint density at radius 3 is 2.20 bits per heavy atom. The summed E-state index contributed by atoms with van der Waals surface area (Å²) in [6.07, 6.45) is 0.882. The first-order chi connectivity index (χ1) is 14.5. The van der Waals surface area contributed by atoms with E-state index in [2.05, 4.69) is 16.0 Å². The zero-order valence-electron chi connectivity index (χ0n) is 17.8. The minimum absolute atomic E-state index is 0.0581. The van der Waals surface area contributed by atoms with Gasteiger partial charge in [-0.1, -0.05) is 13.0 Å². The lowest BCUT2D eigenvalue weighted by Gasteiger charge is -2.19. The SMILES string of the molecule is CCCNC(=O)c1ccc(NCC(=O)Nc2cccc(C(=O)N(CC)CC)c2)cc1. The third-order valence-electron chi connectivity index (χ3n) is 4.58. The van der Waals surface area contributed by atoms with Gasteiger partial charge >= 0.3 is 0 Å². The van der Waals surface area contributed by atoms with Gasteiger partial charge in [0.1, 0.15) is 0 Å². The van der Waals surface area contributed by atoms with E-state index in [0.717, 1.165) is 12.1 Å². The second kappa shape index (κ2) is 11.6. The van der Waals surface area contributed by atoms with Crippen LogP contribution in [-0.2, 0) is 4.79 Å². The molecule has 0 aliphatic heterocycles. The van der Waals surface area contributed by atoms with Crippen molar-refractivity contribution >= 4 is 29.1 Å². The minimum Gasteiger partial charge on any atom is -0.376 e. The van der Waals surface area contributed by atoms with Gasteiger partial charge in [-0.25, -0.2) is 0 Å². The number of hydrogen-bond donors (Lipinski definition) is 3. The summed E-state index contributed by atoms with van der Waals surface area (Å²) in [5.41, 5.74) is 2.43. The molecule has 0 fully saturated rings. The van der Waals surface area contributed by atoms with E-state index in [1.54, 1.807) is 53.4 Å². The summed E-state index contributed by atoms with van der Waals surface area (Å²) < 4.78 is 0. The molecule has 30 heavy (non-hydrogen) atoms. The molecular weight excluding hydrogens is 380 g/mol. The first-order valence-electron chi connectivity index (χ1n) is 10.3. The summed E-state index contributed by atoms with van der Waals surface area (Å²) in [7, 11) is 0. The second-order valence-corrected chi connectivity index (χ2v) is 6.79. The predicted molar refractivity (Wildman–Crippen MR) is 120 cm³/mol. The molecule has 0 atom stereocenters. The van der Waals surface area contributed by atoms with Gasteiger partial charge in [-0.15, -0.1) is 0 Å². The molecule has 160 valence electrons. The van der Waals surface area contributed by atoms with E-state index in [9.17, 15) is 14.4 Å². The molecule has 3 amide bonds. The van der Waals surface area contributed by atoms with Crippen molar-refractivity contribution in [2.75, 3.05) is 36.8 Å². The number of rotatable bonds is 10. The number of hydrogen-bond acceptors (Lipinski definition) is 4. The summed E-state index contributed by atoms with van der Waals surface area (Å²) in [4.78, 5) is 38.4. The second-order valence-electron chi connectivity index (χ2n) is 6.79. The number of carbonyl (C=O) groups excluding carboxylic acids is 3. The number of anilines is 2. The van der Waals surface area contributed by atoms with Crippen LogP contribution < -0.4 is 16.0 Å². The van der Waals surface area contributed by atoms with E-state index < -0.39 is 0 Å². The number of benzene rings is 2. The molecule has 0 saturated carbocycles. The molecule has 0 aromatic heterocycles. The van der Waals surface area contributed by atoms with Gasteiger partial charge in [-0.05, 0) is 62.7 Å². The maximum absolute atomic E-state index is 12.5. The van der Waals surface area contributed by atoms with E-state index in [1.807, 2.05) is 20.8 Å². The van der Waals surface area contributed by atoms with E-state index in [1.165, 1.54) is 0 Å².